The summed E-state index contributed by atoms with van der Waals surface area (Å²) < 4.78 is 25.2. The molecule has 2 aromatic rings. The van der Waals surface area contributed by atoms with Gasteiger partial charge in [0.15, 0.2) is 0 Å². The van der Waals surface area contributed by atoms with E-state index >= 15 is 0 Å². The summed E-state index contributed by atoms with van der Waals surface area (Å²) in [6.45, 7) is 0.809. The van der Waals surface area contributed by atoms with E-state index in [1.165, 1.54) is 12.1 Å². The first-order valence-corrected chi connectivity index (χ1v) is 7.37. The van der Waals surface area contributed by atoms with E-state index < -0.39 is 0 Å². The molecule has 21 heavy (non-hydrogen) atoms. The molecule has 2 N–H and O–H groups in total. The average molecular weight is 354 g/mol. The van der Waals surface area contributed by atoms with Crippen LogP contribution >= 0.6 is 15.9 Å². The minimum absolute atomic E-state index is 0.284. The van der Waals surface area contributed by atoms with E-state index in [2.05, 4.69) is 15.9 Å². The Morgan fingerprint density at radius 1 is 1.14 bits per heavy atom. The summed E-state index contributed by atoms with van der Waals surface area (Å²) in [7, 11) is 1.62. The molecule has 0 fully saturated rings. The molecule has 0 aliphatic carbocycles. The zero-order valence-corrected chi connectivity index (χ0v) is 13.3. The lowest BCUT2D eigenvalue weighted by Gasteiger charge is -2.13. The van der Waals surface area contributed by atoms with Crippen molar-refractivity contribution in [2.45, 2.75) is 13.0 Å². The average Bonchev–Trinajstić information content (AvgIpc) is 2.48. The fraction of sp³-hybridized carbons (Fsp3) is 0.250. The number of benzene rings is 2. The summed E-state index contributed by atoms with van der Waals surface area (Å²) >= 11 is 3.48. The van der Waals surface area contributed by atoms with E-state index in [1.807, 2.05) is 18.2 Å². The second kappa shape index (κ2) is 7.43. The van der Waals surface area contributed by atoms with Gasteiger partial charge in [-0.2, -0.15) is 0 Å². The molecule has 0 spiro atoms. The second-order valence-corrected chi connectivity index (χ2v) is 5.39. The lowest BCUT2D eigenvalue weighted by atomic mass is 10.1. The monoisotopic (exact) mass is 353 g/mol. The molecule has 0 heterocycles. The van der Waals surface area contributed by atoms with Gasteiger partial charge in [0.05, 0.1) is 7.11 Å². The zero-order chi connectivity index (χ0) is 15.2. The maximum Gasteiger partial charge on any atom is 0.123 e. The SMILES string of the molecule is COc1ccc(Br)c(COc2ccc(F)cc2CCN)c1. The molecular weight excluding hydrogens is 337 g/mol. The highest BCUT2D eigenvalue weighted by molar-refractivity contribution is 9.10. The fourth-order valence-corrected chi connectivity index (χ4v) is 2.34. The molecule has 0 aromatic heterocycles. The van der Waals surface area contributed by atoms with Gasteiger partial charge >= 0.3 is 0 Å². The molecule has 0 saturated carbocycles. The third-order valence-electron chi connectivity index (χ3n) is 3.07. The van der Waals surface area contributed by atoms with E-state index in [4.69, 9.17) is 15.2 Å². The molecule has 2 aromatic carbocycles. The Labute approximate surface area is 132 Å². The molecule has 0 bridgehead atoms. The predicted octanol–water partition coefficient (Wildman–Crippen LogP) is 3.68. The van der Waals surface area contributed by atoms with Crippen LogP contribution in [0.3, 0.4) is 0 Å². The van der Waals surface area contributed by atoms with Crippen molar-refractivity contribution in [3.8, 4) is 11.5 Å². The van der Waals surface area contributed by atoms with E-state index in [0.29, 0.717) is 25.3 Å². The Morgan fingerprint density at radius 2 is 1.95 bits per heavy atom. The van der Waals surface area contributed by atoms with Crippen molar-refractivity contribution in [2.75, 3.05) is 13.7 Å². The lowest BCUT2D eigenvalue weighted by molar-refractivity contribution is 0.300. The molecule has 0 atom stereocenters. The van der Waals surface area contributed by atoms with Crippen LogP contribution in [0.4, 0.5) is 4.39 Å². The number of rotatable bonds is 6. The maximum absolute atomic E-state index is 13.3. The first-order valence-electron chi connectivity index (χ1n) is 6.57. The van der Waals surface area contributed by atoms with Crippen LogP contribution in [0.2, 0.25) is 0 Å². The first-order chi connectivity index (χ1) is 10.1. The molecule has 0 aliphatic heterocycles. The maximum atomic E-state index is 13.3. The van der Waals surface area contributed by atoms with Gasteiger partial charge in [0, 0.05) is 10.0 Å². The van der Waals surface area contributed by atoms with E-state index in [9.17, 15) is 4.39 Å². The summed E-state index contributed by atoms with van der Waals surface area (Å²) in [6.07, 6.45) is 0.576. The summed E-state index contributed by atoms with van der Waals surface area (Å²) in [6, 6.07) is 10.2. The molecule has 0 unspecified atom stereocenters. The normalized spacial score (nSPS) is 10.5. The Bertz CT molecular complexity index is 619. The van der Waals surface area contributed by atoms with Crippen LogP contribution in [0.15, 0.2) is 40.9 Å². The quantitative estimate of drug-likeness (QED) is 0.861. The summed E-state index contributed by atoms with van der Waals surface area (Å²) in [5, 5.41) is 0. The molecule has 0 amide bonds. The predicted molar refractivity (Wildman–Crippen MR) is 84.2 cm³/mol. The highest BCUT2D eigenvalue weighted by Gasteiger charge is 2.08. The Hall–Kier alpha value is -1.59. The van der Waals surface area contributed by atoms with Gasteiger partial charge < -0.3 is 15.2 Å². The van der Waals surface area contributed by atoms with Crippen LogP contribution in [0, 0.1) is 5.82 Å². The largest absolute Gasteiger partial charge is 0.497 e. The first kappa shape index (κ1) is 15.8. The molecule has 2 rings (SSSR count). The van der Waals surface area contributed by atoms with E-state index in [0.717, 1.165) is 21.3 Å². The number of nitrogens with two attached hydrogens (primary N) is 1. The van der Waals surface area contributed by atoms with Crippen LogP contribution in [0.1, 0.15) is 11.1 Å². The van der Waals surface area contributed by atoms with Crippen LogP contribution in [-0.2, 0) is 13.0 Å². The third-order valence-corrected chi connectivity index (χ3v) is 3.85. The van der Waals surface area contributed by atoms with Gasteiger partial charge in [-0.1, -0.05) is 15.9 Å². The van der Waals surface area contributed by atoms with Crippen molar-refractivity contribution in [3.63, 3.8) is 0 Å². The van der Waals surface area contributed by atoms with Gasteiger partial charge in [0.2, 0.25) is 0 Å². The van der Waals surface area contributed by atoms with Gasteiger partial charge in [-0.15, -0.1) is 0 Å². The molecule has 0 saturated heterocycles. The third kappa shape index (κ3) is 4.19. The molecule has 0 aliphatic rings. The van der Waals surface area contributed by atoms with Crippen molar-refractivity contribution in [2.24, 2.45) is 5.73 Å². The number of hydrogen-bond acceptors (Lipinski definition) is 3. The smallest absolute Gasteiger partial charge is 0.123 e. The van der Waals surface area contributed by atoms with Gasteiger partial charge in [0.1, 0.15) is 23.9 Å². The Morgan fingerprint density at radius 3 is 2.67 bits per heavy atom. The van der Waals surface area contributed by atoms with Crippen LogP contribution in [0.5, 0.6) is 11.5 Å². The molecule has 112 valence electrons. The highest BCUT2D eigenvalue weighted by atomic mass is 79.9. The van der Waals surface area contributed by atoms with Crippen molar-refractivity contribution >= 4 is 15.9 Å². The van der Waals surface area contributed by atoms with Crippen LogP contribution in [-0.4, -0.2) is 13.7 Å². The van der Waals surface area contributed by atoms with Crippen molar-refractivity contribution < 1.29 is 13.9 Å². The van der Waals surface area contributed by atoms with Crippen molar-refractivity contribution in [1.82, 2.24) is 0 Å². The second-order valence-electron chi connectivity index (χ2n) is 4.54. The highest BCUT2D eigenvalue weighted by Crippen LogP contribution is 2.26. The van der Waals surface area contributed by atoms with Gasteiger partial charge in [-0.25, -0.2) is 4.39 Å². The number of methoxy groups -OCH3 is 1. The number of halogens is 2. The summed E-state index contributed by atoms with van der Waals surface area (Å²) in [4.78, 5) is 0. The summed E-state index contributed by atoms with van der Waals surface area (Å²) in [5.41, 5.74) is 7.28. The molecule has 5 heteroatoms. The molecule has 0 radical (unpaired) electrons. The van der Waals surface area contributed by atoms with Gasteiger partial charge in [-0.3, -0.25) is 0 Å². The van der Waals surface area contributed by atoms with Gasteiger partial charge in [0.25, 0.3) is 0 Å². The number of ether oxygens (including phenoxy) is 2. The number of hydrogen-bond donors (Lipinski definition) is 1. The minimum Gasteiger partial charge on any atom is -0.497 e. The molecule has 3 nitrogen and oxygen atoms in total. The Balaban J connectivity index is 2.16. The van der Waals surface area contributed by atoms with E-state index in [1.54, 1.807) is 13.2 Å². The van der Waals surface area contributed by atoms with E-state index in [-0.39, 0.29) is 5.82 Å². The lowest BCUT2D eigenvalue weighted by Crippen LogP contribution is -2.06. The topological polar surface area (TPSA) is 44.5 Å². The van der Waals surface area contributed by atoms with Crippen molar-refractivity contribution in [3.05, 3.63) is 57.8 Å². The van der Waals surface area contributed by atoms with Crippen LogP contribution < -0.4 is 15.2 Å². The van der Waals surface area contributed by atoms with Crippen molar-refractivity contribution in [1.29, 1.82) is 0 Å². The Kier molecular flexibility index (Phi) is 5.59. The molecular formula is C16H17BrFNO2. The summed E-state index contributed by atoms with van der Waals surface area (Å²) in [5.74, 6) is 1.13. The standard InChI is InChI=1S/C16H17BrFNO2/c1-20-14-3-4-15(17)12(9-14)10-21-16-5-2-13(18)8-11(16)6-7-19/h2-5,8-9H,6-7,10,19H2,1H3. The zero-order valence-electron chi connectivity index (χ0n) is 11.7. The fourth-order valence-electron chi connectivity index (χ4n) is 1.98. The van der Waals surface area contributed by atoms with Gasteiger partial charge in [-0.05, 0) is 54.9 Å². The van der Waals surface area contributed by atoms with Crippen LogP contribution in [0.25, 0.3) is 0 Å². The minimum atomic E-state index is -0.284.